The molecule has 1 atom stereocenters. The van der Waals surface area contributed by atoms with E-state index in [1.807, 2.05) is 39.3 Å². The van der Waals surface area contributed by atoms with Crippen molar-refractivity contribution in [2.24, 2.45) is 7.05 Å². The predicted octanol–water partition coefficient (Wildman–Crippen LogP) is 0.793. The largest absolute Gasteiger partial charge is 0.348 e. The SMILES string of the molecule is CN(C)c1nc(CN(C)C2CCN(C(=O)c3c(C4CC4)cnn3C)C2)cc(=O)[nH]1. The number of rotatable bonds is 6. The van der Waals surface area contributed by atoms with Crippen LogP contribution in [0.4, 0.5) is 5.95 Å². The quantitative estimate of drug-likeness (QED) is 0.773. The molecule has 1 aliphatic carbocycles. The maximum Gasteiger partial charge on any atom is 0.272 e. The molecule has 0 spiro atoms. The standard InChI is InChI=1S/C20H29N7O2/c1-24(2)20-22-14(9-17(28)23-20)11-25(3)15-7-8-27(12-15)19(29)18-16(13-5-6-13)10-21-26(18)4/h9-10,13,15H,5-8,11-12H2,1-4H3,(H,22,23,28). The third kappa shape index (κ3) is 4.05. The average Bonchev–Trinajstić information content (AvgIpc) is 3.25. The Bertz CT molecular complexity index is 960. The smallest absolute Gasteiger partial charge is 0.272 e. The highest BCUT2D eigenvalue weighted by Crippen LogP contribution is 2.41. The molecular formula is C20H29N7O2. The van der Waals surface area contributed by atoms with Gasteiger partial charge in [-0.15, -0.1) is 0 Å². The van der Waals surface area contributed by atoms with Crippen LogP contribution in [0, 0.1) is 0 Å². The molecule has 29 heavy (non-hydrogen) atoms. The Morgan fingerprint density at radius 3 is 2.72 bits per heavy atom. The van der Waals surface area contributed by atoms with Crippen LogP contribution in [0.25, 0.3) is 0 Å². The van der Waals surface area contributed by atoms with E-state index in [4.69, 9.17) is 0 Å². The third-order valence-corrected chi connectivity index (χ3v) is 5.88. The summed E-state index contributed by atoms with van der Waals surface area (Å²) in [7, 11) is 7.57. The van der Waals surface area contributed by atoms with Crippen LogP contribution < -0.4 is 10.5 Å². The summed E-state index contributed by atoms with van der Waals surface area (Å²) in [4.78, 5) is 38.2. The number of likely N-dealkylation sites (N-methyl/N-ethyl adjacent to an activating group) is 1. The van der Waals surface area contributed by atoms with Crippen molar-refractivity contribution in [2.75, 3.05) is 39.1 Å². The predicted molar refractivity (Wildman–Crippen MR) is 110 cm³/mol. The molecule has 2 aliphatic rings. The Hall–Kier alpha value is -2.68. The van der Waals surface area contributed by atoms with E-state index in [1.54, 1.807) is 15.6 Å². The van der Waals surface area contributed by atoms with Crippen LogP contribution in [0.15, 0.2) is 17.1 Å². The molecule has 0 bridgehead atoms. The molecule has 1 N–H and O–H groups in total. The number of aromatic nitrogens is 4. The van der Waals surface area contributed by atoms with Crippen LogP contribution >= 0.6 is 0 Å². The molecule has 3 heterocycles. The van der Waals surface area contributed by atoms with Gasteiger partial charge in [-0.2, -0.15) is 5.10 Å². The van der Waals surface area contributed by atoms with Gasteiger partial charge in [-0.25, -0.2) is 4.98 Å². The number of likely N-dealkylation sites (tertiary alicyclic amines) is 1. The summed E-state index contributed by atoms with van der Waals surface area (Å²) < 4.78 is 1.72. The maximum atomic E-state index is 13.2. The van der Waals surface area contributed by atoms with E-state index < -0.39 is 0 Å². The minimum Gasteiger partial charge on any atom is -0.348 e. The van der Waals surface area contributed by atoms with E-state index in [9.17, 15) is 9.59 Å². The zero-order valence-electron chi connectivity index (χ0n) is 17.6. The van der Waals surface area contributed by atoms with Crippen LogP contribution in [0.5, 0.6) is 0 Å². The number of nitrogens with zero attached hydrogens (tertiary/aromatic N) is 6. The van der Waals surface area contributed by atoms with E-state index in [1.165, 1.54) is 0 Å². The summed E-state index contributed by atoms with van der Waals surface area (Å²) in [6, 6.07) is 1.78. The van der Waals surface area contributed by atoms with E-state index in [0.717, 1.165) is 42.8 Å². The van der Waals surface area contributed by atoms with Gasteiger partial charge in [0.2, 0.25) is 5.95 Å². The van der Waals surface area contributed by atoms with Gasteiger partial charge in [0.25, 0.3) is 11.5 Å². The first-order valence-electron chi connectivity index (χ1n) is 10.1. The van der Waals surface area contributed by atoms with Crippen molar-refractivity contribution >= 4 is 11.9 Å². The lowest BCUT2D eigenvalue weighted by atomic mass is 10.1. The van der Waals surface area contributed by atoms with Gasteiger partial charge in [-0.05, 0) is 32.2 Å². The highest BCUT2D eigenvalue weighted by Gasteiger charge is 2.35. The van der Waals surface area contributed by atoms with Crippen LogP contribution in [-0.2, 0) is 13.6 Å². The van der Waals surface area contributed by atoms with Gasteiger partial charge in [-0.3, -0.25) is 24.2 Å². The number of aromatic amines is 1. The molecule has 4 rings (SSSR count). The molecule has 2 aromatic rings. The molecule has 9 heteroatoms. The van der Waals surface area contributed by atoms with Gasteiger partial charge >= 0.3 is 0 Å². The van der Waals surface area contributed by atoms with E-state index in [-0.39, 0.29) is 17.5 Å². The molecule has 9 nitrogen and oxygen atoms in total. The number of hydrogen-bond acceptors (Lipinski definition) is 6. The van der Waals surface area contributed by atoms with Crippen molar-refractivity contribution in [3.8, 4) is 0 Å². The second kappa shape index (κ2) is 7.62. The topological polar surface area (TPSA) is 90.4 Å². The zero-order chi connectivity index (χ0) is 20.7. The molecule has 0 aromatic carbocycles. The van der Waals surface area contributed by atoms with Gasteiger partial charge in [0.1, 0.15) is 5.69 Å². The van der Waals surface area contributed by atoms with Crippen LogP contribution in [-0.4, -0.2) is 75.7 Å². The lowest BCUT2D eigenvalue weighted by Gasteiger charge is -2.25. The Kier molecular flexibility index (Phi) is 5.16. The van der Waals surface area contributed by atoms with Crippen molar-refractivity contribution in [2.45, 2.75) is 37.8 Å². The number of anilines is 1. The Morgan fingerprint density at radius 2 is 2.03 bits per heavy atom. The average molecular weight is 399 g/mol. The zero-order valence-corrected chi connectivity index (χ0v) is 17.6. The normalized spacial score (nSPS) is 19.2. The third-order valence-electron chi connectivity index (χ3n) is 5.88. The van der Waals surface area contributed by atoms with Crippen molar-refractivity contribution < 1.29 is 4.79 Å². The van der Waals surface area contributed by atoms with Crippen LogP contribution in [0.2, 0.25) is 0 Å². The Balaban J connectivity index is 1.43. The number of amides is 1. The number of hydrogen-bond donors (Lipinski definition) is 1. The monoisotopic (exact) mass is 399 g/mol. The van der Waals surface area contributed by atoms with Crippen molar-refractivity contribution in [3.63, 3.8) is 0 Å². The molecule has 0 radical (unpaired) electrons. The van der Waals surface area contributed by atoms with Gasteiger partial charge in [-0.1, -0.05) is 0 Å². The second-order valence-corrected chi connectivity index (χ2v) is 8.41. The maximum absolute atomic E-state index is 13.2. The molecule has 1 saturated carbocycles. The minimum atomic E-state index is -0.154. The summed E-state index contributed by atoms with van der Waals surface area (Å²) in [6.07, 6.45) is 5.05. The van der Waals surface area contributed by atoms with Crippen LogP contribution in [0.3, 0.4) is 0 Å². The lowest BCUT2D eigenvalue weighted by molar-refractivity contribution is 0.0767. The Morgan fingerprint density at radius 1 is 1.28 bits per heavy atom. The molecule has 1 unspecified atom stereocenters. The molecule has 156 valence electrons. The highest BCUT2D eigenvalue weighted by atomic mass is 16.2. The fraction of sp³-hybridized carbons (Fsp3) is 0.600. The molecule has 2 aromatic heterocycles. The number of carbonyl (C=O) groups excluding carboxylic acids is 1. The van der Waals surface area contributed by atoms with Crippen molar-refractivity contribution in [3.05, 3.63) is 39.6 Å². The summed E-state index contributed by atoms with van der Waals surface area (Å²) in [5.41, 5.74) is 2.41. The van der Waals surface area contributed by atoms with Crippen LogP contribution in [0.1, 0.15) is 46.9 Å². The molecule has 2 fully saturated rings. The molecule has 1 amide bonds. The number of nitrogens with one attached hydrogen (secondary N) is 1. The minimum absolute atomic E-state index is 0.0759. The second-order valence-electron chi connectivity index (χ2n) is 8.41. The highest BCUT2D eigenvalue weighted by molar-refractivity contribution is 5.94. The fourth-order valence-electron chi connectivity index (χ4n) is 4.02. The molecular weight excluding hydrogens is 370 g/mol. The summed E-state index contributed by atoms with van der Waals surface area (Å²) in [5, 5.41) is 4.32. The van der Waals surface area contributed by atoms with Gasteiger partial charge in [0.15, 0.2) is 0 Å². The van der Waals surface area contributed by atoms with Gasteiger partial charge in [0, 0.05) is 58.4 Å². The number of aryl methyl sites for hydroxylation is 1. The molecule has 1 aliphatic heterocycles. The first-order valence-corrected chi connectivity index (χ1v) is 10.1. The summed E-state index contributed by atoms with van der Waals surface area (Å²) >= 11 is 0. The van der Waals surface area contributed by atoms with E-state index >= 15 is 0 Å². The van der Waals surface area contributed by atoms with E-state index in [0.29, 0.717) is 25.0 Å². The summed E-state index contributed by atoms with van der Waals surface area (Å²) in [5.74, 6) is 1.12. The number of carbonyl (C=O) groups is 1. The number of H-pyrrole nitrogens is 1. The van der Waals surface area contributed by atoms with Gasteiger partial charge < -0.3 is 9.80 Å². The van der Waals surface area contributed by atoms with E-state index in [2.05, 4.69) is 20.0 Å². The lowest BCUT2D eigenvalue weighted by Crippen LogP contribution is -2.37. The van der Waals surface area contributed by atoms with Crippen molar-refractivity contribution in [1.29, 1.82) is 0 Å². The first kappa shape index (κ1) is 19.6. The van der Waals surface area contributed by atoms with Crippen molar-refractivity contribution in [1.82, 2.24) is 29.5 Å². The first-order chi connectivity index (χ1) is 13.8. The Labute approximate surface area is 170 Å². The van der Waals surface area contributed by atoms with Gasteiger partial charge in [0.05, 0.1) is 11.9 Å². The fourth-order valence-corrected chi connectivity index (χ4v) is 4.02. The molecule has 1 saturated heterocycles. The summed E-state index contributed by atoms with van der Waals surface area (Å²) in [6.45, 7) is 1.97.